The van der Waals surface area contributed by atoms with E-state index < -0.39 is 5.97 Å². The Hall–Kier alpha value is -2.79. The first-order valence-electron chi connectivity index (χ1n) is 8.00. The van der Waals surface area contributed by atoms with E-state index in [1.807, 2.05) is 74.5 Å². The van der Waals surface area contributed by atoms with E-state index in [1.54, 1.807) is 0 Å². The molecule has 4 nitrogen and oxygen atoms in total. The van der Waals surface area contributed by atoms with Gasteiger partial charge in [-0.15, -0.1) is 0 Å². The van der Waals surface area contributed by atoms with Gasteiger partial charge in [0.05, 0.1) is 11.4 Å². The topological polar surface area (TPSA) is 62.5 Å². The number of carboxylic acid groups (broad SMARTS) is 1. The van der Waals surface area contributed by atoms with Crippen LogP contribution in [0.4, 0.5) is 5.00 Å². The lowest BCUT2D eigenvalue weighted by atomic mass is 10.0. The van der Waals surface area contributed by atoms with Crippen molar-refractivity contribution in [2.24, 2.45) is 4.99 Å². The Morgan fingerprint density at radius 3 is 1.96 bits per heavy atom. The third-order valence-corrected chi connectivity index (χ3v) is 4.63. The molecule has 0 amide bonds. The van der Waals surface area contributed by atoms with Crippen molar-refractivity contribution in [3.8, 4) is 0 Å². The van der Waals surface area contributed by atoms with Crippen molar-refractivity contribution in [1.29, 1.82) is 0 Å². The summed E-state index contributed by atoms with van der Waals surface area (Å²) >= 11 is 1.12. The molecule has 3 rings (SSSR count). The van der Waals surface area contributed by atoms with Crippen LogP contribution in [0, 0.1) is 0 Å². The van der Waals surface area contributed by atoms with E-state index in [9.17, 15) is 9.90 Å². The number of thiazole rings is 1. The third kappa shape index (κ3) is 3.83. The Kier molecular flexibility index (Phi) is 5.05. The second kappa shape index (κ2) is 7.40. The van der Waals surface area contributed by atoms with E-state index in [0.29, 0.717) is 10.7 Å². The first-order valence-corrected chi connectivity index (χ1v) is 8.81. The minimum atomic E-state index is -1.02. The van der Waals surface area contributed by atoms with Crippen LogP contribution in [0.15, 0.2) is 65.7 Å². The highest BCUT2D eigenvalue weighted by Gasteiger charge is 2.19. The van der Waals surface area contributed by atoms with Crippen LogP contribution in [0.5, 0.6) is 0 Å². The molecule has 5 heteroatoms. The molecule has 1 heterocycles. The maximum Gasteiger partial charge on any atom is 0.365 e. The first-order chi connectivity index (χ1) is 12.1. The van der Waals surface area contributed by atoms with E-state index >= 15 is 0 Å². The lowest BCUT2D eigenvalue weighted by Crippen LogP contribution is -2.02. The molecular weight excluding hydrogens is 332 g/mol. The molecule has 2 aromatic carbocycles. The first kappa shape index (κ1) is 17.0. The number of carbonyl (C=O) groups is 1. The van der Waals surface area contributed by atoms with Gasteiger partial charge in [0.1, 0.15) is 5.00 Å². The number of nitrogens with zero attached hydrogens (tertiary/aromatic N) is 2. The Labute approximate surface area is 150 Å². The molecule has 25 heavy (non-hydrogen) atoms. The van der Waals surface area contributed by atoms with Crippen molar-refractivity contribution in [2.45, 2.75) is 19.8 Å². The van der Waals surface area contributed by atoms with E-state index in [1.165, 1.54) is 0 Å². The van der Waals surface area contributed by atoms with Crippen LogP contribution in [0.25, 0.3) is 0 Å². The van der Waals surface area contributed by atoms with Crippen LogP contribution >= 0.6 is 11.3 Å². The summed E-state index contributed by atoms with van der Waals surface area (Å²) in [5.74, 6) is -0.926. The van der Waals surface area contributed by atoms with Gasteiger partial charge < -0.3 is 5.11 Å². The number of carboxylic acids is 1. The van der Waals surface area contributed by atoms with E-state index in [0.717, 1.165) is 28.2 Å². The molecule has 1 N–H and O–H groups in total. The molecule has 126 valence electrons. The SMILES string of the molecule is CC(C)c1nc(C(=O)O)sc1N=C(c1ccccc1)c1ccccc1. The average molecular weight is 350 g/mol. The Balaban J connectivity index is 2.19. The quantitative estimate of drug-likeness (QED) is 0.649. The highest BCUT2D eigenvalue weighted by molar-refractivity contribution is 7.17. The second-order valence-electron chi connectivity index (χ2n) is 5.86. The Morgan fingerprint density at radius 1 is 1.00 bits per heavy atom. The zero-order valence-electron chi connectivity index (χ0n) is 14.0. The lowest BCUT2D eigenvalue weighted by Gasteiger charge is -2.08. The third-order valence-electron chi connectivity index (χ3n) is 3.67. The van der Waals surface area contributed by atoms with Gasteiger partial charge in [-0.05, 0) is 5.92 Å². The minimum Gasteiger partial charge on any atom is -0.476 e. The zero-order chi connectivity index (χ0) is 17.8. The fraction of sp³-hybridized carbons (Fsp3) is 0.150. The lowest BCUT2D eigenvalue weighted by molar-refractivity contribution is 0.0696. The Bertz CT molecular complexity index is 858. The van der Waals surface area contributed by atoms with Crippen LogP contribution < -0.4 is 0 Å². The van der Waals surface area contributed by atoms with Gasteiger partial charge >= 0.3 is 5.97 Å². The van der Waals surface area contributed by atoms with Crippen molar-refractivity contribution in [3.63, 3.8) is 0 Å². The fourth-order valence-electron chi connectivity index (χ4n) is 2.46. The normalized spacial score (nSPS) is 10.7. The molecule has 0 aliphatic heterocycles. The molecule has 0 aliphatic carbocycles. The van der Waals surface area contributed by atoms with Gasteiger partial charge in [-0.25, -0.2) is 14.8 Å². The molecule has 0 atom stereocenters. The summed E-state index contributed by atoms with van der Waals surface area (Å²) in [5, 5.41) is 9.99. The summed E-state index contributed by atoms with van der Waals surface area (Å²) in [6, 6.07) is 19.8. The zero-order valence-corrected chi connectivity index (χ0v) is 14.8. The van der Waals surface area contributed by atoms with Crippen LogP contribution in [0.3, 0.4) is 0 Å². The van der Waals surface area contributed by atoms with E-state index in [-0.39, 0.29) is 10.9 Å². The number of rotatable bonds is 5. The van der Waals surface area contributed by atoms with Crippen molar-refractivity contribution >= 4 is 28.0 Å². The molecule has 0 saturated heterocycles. The van der Waals surface area contributed by atoms with E-state index in [2.05, 4.69) is 4.98 Å². The highest BCUT2D eigenvalue weighted by Crippen LogP contribution is 2.34. The van der Waals surface area contributed by atoms with Gasteiger partial charge in [0.15, 0.2) is 0 Å². The minimum absolute atomic E-state index is 0.0722. The molecule has 0 radical (unpaired) electrons. The molecule has 3 aromatic rings. The van der Waals surface area contributed by atoms with Gasteiger partial charge in [-0.2, -0.15) is 0 Å². The van der Waals surface area contributed by atoms with Crippen molar-refractivity contribution in [3.05, 3.63) is 82.5 Å². The average Bonchev–Trinajstić information content (AvgIpc) is 3.06. The summed E-state index contributed by atoms with van der Waals surface area (Å²) in [6.45, 7) is 3.98. The smallest absolute Gasteiger partial charge is 0.365 e. The van der Waals surface area contributed by atoms with Crippen molar-refractivity contribution in [1.82, 2.24) is 4.98 Å². The number of hydrogen-bond acceptors (Lipinski definition) is 4. The van der Waals surface area contributed by atoms with E-state index in [4.69, 9.17) is 4.99 Å². The summed E-state index contributed by atoms with van der Waals surface area (Å²) in [4.78, 5) is 20.4. The molecule has 0 spiro atoms. The van der Waals surface area contributed by atoms with Crippen LogP contribution in [0.1, 0.15) is 46.4 Å². The number of aromatic carboxylic acids is 1. The summed E-state index contributed by atoms with van der Waals surface area (Å²) in [7, 11) is 0. The summed E-state index contributed by atoms with van der Waals surface area (Å²) < 4.78 is 0. The highest BCUT2D eigenvalue weighted by atomic mass is 32.1. The standard InChI is InChI=1S/C20H18N2O2S/c1-13(2)16-18(25-19(21-16)20(23)24)22-17(14-9-5-3-6-10-14)15-11-7-4-8-12-15/h3-13H,1-2H3,(H,23,24). The predicted octanol–water partition coefficient (Wildman–Crippen LogP) is 5.13. The van der Waals surface area contributed by atoms with Crippen LogP contribution in [0.2, 0.25) is 0 Å². The van der Waals surface area contributed by atoms with Gasteiger partial charge in [0.25, 0.3) is 0 Å². The number of hydrogen-bond donors (Lipinski definition) is 1. The molecule has 0 unspecified atom stereocenters. The van der Waals surface area contributed by atoms with Gasteiger partial charge in [-0.3, -0.25) is 0 Å². The fourth-order valence-corrected chi connectivity index (χ4v) is 3.40. The van der Waals surface area contributed by atoms with Crippen LogP contribution in [-0.2, 0) is 0 Å². The molecule has 0 aliphatic rings. The van der Waals surface area contributed by atoms with Gasteiger partial charge in [-0.1, -0.05) is 85.8 Å². The van der Waals surface area contributed by atoms with Crippen molar-refractivity contribution < 1.29 is 9.90 Å². The number of benzene rings is 2. The molecule has 0 saturated carbocycles. The molecule has 1 aromatic heterocycles. The maximum absolute atomic E-state index is 11.3. The van der Waals surface area contributed by atoms with Gasteiger partial charge in [0, 0.05) is 11.1 Å². The largest absolute Gasteiger partial charge is 0.476 e. The molecule has 0 fully saturated rings. The maximum atomic E-state index is 11.3. The Morgan fingerprint density at radius 2 is 1.52 bits per heavy atom. The monoisotopic (exact) mass is 350 g/mol. The molecular formula is C20H18N2O2S. The second-order valence-corrected chi connectivity index (χ2v) is 6.84. The summed E-state index contributed by atoms with van der Waals surface area (Å²) in [5.41, 5.74) is 3.48. The van der Waals surface area contributed by atoms with Crippen molar-refractivity contribution in [2.75, 3.05) is 0 Å². The van der Waals surface area contributed by atoms with Crippen LogP contribution in [-0.4, -0.2) is 21.8 Å². The summed E-state index contributed by atoms with van der Waals surface area (Å²) in [6.07, 6.45) is 0. The van der Waals surface area contributed by atoms with Gasteiger partial charge in [0.2, 0.25) is 5.01 Å². The number of aliphatic imine (C=N–C) groups is 1. The number of aromatic nitrogens is 1. The predicted molar refractivity (Wildman–Crippen MR) is 101 cm³/mol. The molecule has 0 bridgehead atoms.